The second-order valence-electron chi connectivity index (χ2n) is 4.48. The van der Waals surface area contributed by atoms with E-state index in [0.717, 1.165) is 23.7 Å². The van der Waals surface area contributed by atoms with E-state index in [1.807, 2.05) is 24.3 Å². The number of hydrogen-bond donors (Lipinski definition) is 1. The first-order chi connectivity index (χ1) is 9.26. The zero-order valence-corrected chi connectivity index (χ0v) is 11.4. The van der Waals surface area contributed by atoms with E-state index in [1.165, 1.54) is 5.56 Å². The van der Waals surface area contributed by atoms with Crippen molar-refractivity contribution in [2.24, 2.45) is 0 Å². The number of aromatic nitrogens is 2. The summed E-state index contributed by atoms with van der Waals surface area (Å²) in [4.78, 5) is 7.60. The molecule has 1 N–H and O–H groups in total. The fourth-order valence-corrected chi connectivity index (χ4v) is 2.49. The Morgan fingerprint density at radius 1 is 1.47 bits per heavy atom. The average Bonchev–Trinajstić information content (AvgIpc) is 2.82. The lowest BCUT2D eigenvalue weighted by atomic mass is 10.1. The molecular weight excluding hydrogens is 260 g/mol. The molecule has 0 radical (unpaired) electrons. The van der Waals surface area contributed by atoms with Gasteiger partial charge >= 0.3 is 0 Å². The van der Waals surface area contributed by atoms with E-state index in [4.69, 9.17) is 21.7 Å². The number of aromatic amines is 1. The number of para-hydroxylation sites is 1. The molecule has 0 aliphatic carbocycles. The van der Waals surface area contributed by atoms with Gasteiger partial charge in [-0.3, -0.25) is 0 Å². The van der Waals surface area contributed by atoms with Gasteiger partial charge in [-0.2, -0.15) is 0 Å². The molecule has 2 aromatic rings. The van der Waals surface area contributed by atoms with Crippen LogP contribution in [0.2, 0.25) is 0 Å². The first-order valence-corrected chi connectivity index (χ1v) is 6.51. The summed E-state index contributed by atoms with van der Waals surface area (Å²) < 4.78 is 11.6. The van der Waals surface area contributed by atoms with Crippen LogP contribution in [0.1, 0.15) is 23.2 Å². The Hall–Kier alpha value is -1.72. The third-order valence-electron chi connectivity index (χ3n) is 3.07. The van der Waals surface area contributed by atoms with Crippen LogP contribution < -0.4 is 4.74 Å². The number of rotatable bonds is 3. The molecule has 1 aromatic carbocycles. The van der Waals surface area contributed by atoms with Crippen molar-refractivity contribution in [2.45, 2.75) is 19.1 Å². The Morgan fingerprint density at radius 3 is 3.11 bits per heavy atom. The van der Waals surface area contributed by atoms with Gasteiger partial charge in [-0.1, -0.05) is 30.4 Å². The van der Waals surface area contributed by atoms with Crippen LogP contribution in [-0.4, -0.2) is 17.1 Å². The van der Waals surface area contributed by atoms with Gasteiger partial charge in [-0.25, -0.2) is 4.98 Å². The Kier molecular flexibility index (Phi) is 3.31. The largest absolute Gasteiger partial charge is 0.482 e. The van der Waals surface area contributed by atoms with Crippen LogP contribution in [0.4, 0.5) is 0 Å². The van der Waals surface area contributed by atoms with Crippen molar-refractivity contribution >= 4 is 12.2 Å². The lowest BCUT2D eigenvalue weighted by Crippen LogP contribution is -2.10. The normalized spacial score (nSPS) is 17.0. The molecule has 3 rings (SSSR count). The van der Waals surface area contributed by atoms with Gasteiger partial charge in [-0.15, -0.1) is 0 Å². The Bertz CT molecular complexity index is 629. The molecule has 1 atom stereocenters. The van der Waals surface area contributed by atoms with Crippen molar-refractivity contribution in [1.29, 1.82) is 0 Å². The highest BCUT2D eigenvalue weighted by molar-refractivity contribution is 7.71. The second kappa shape index (κ2) is 5.11. The SMILES string of the molecule is COCc1cc(=S)nc(C2Cc3ccccc3O2)[nH]1. The van der Waals surface area contributed by atoms with Gasteiger partial charge in [0.15, 0.2) is 6.10 Å². The molecule has 1 aliphatic heterocycles. The summed E-state index contributed by atoms with van der Waals surface area (Å²) in [5, 5.41) is 0. The summed E-state index contributed by atoms with van der Waals surface area (Å²) >= 11 is 5.18. The lowest BCUT2D eigenvalue weighted by molar-refractivity contribution is 0.179. The minimum Gasteiger partial charge on any atom is -0.482 e. The number of hydrogen-bond acceptors (Lipinski definition) is 4. The third-order valence-corrected chi connectivity index (χ3v) is 3.28. The molecule has 0 fully saturated rings. The van der Waals surface area contributed by atoms with Crippen LogP contribution in [0.3, 0.4) is 0 Å². The van der Waals surface area contributed by atoms with E-state index < -0.39 is 0 Å². The highest BCUT2D eigenvalue weighted by Crippen LogP contribution is 2.34. The number of nitrogens with zero attached hydrogens (tertiary/aromatic N) is 1. The highest BCUT2D eigenvalue weighted by Gasteiger charge is 2.25. The van der Waals surface area contributed by atoms with Gasteiger partial charge in [0.05, 0.1) is 6.61 Å². The summed E-state index contributed by atoms with van der Waals surface area (Å²) in [6.45, 7) is 0.485. The van der Waals surface area contributed by atoms with Crippen molar-refractivity contribution in [2.75, 3.05) is 7.11 Å². The molecule has 0 amide bonds. The maximum atomic E-state index is 5.90. The van der Waals surface area contributed by atoms with E-state index in [-0.39, 0.29) is 6.10 Å². The summed E-state index contributed by atoms with van der Waals surface area (Å²) in [6, 6.07) is 9.84. The van der Waals surface area contributed by atoms with E-state index in [1.54, 1.807) is 7.11 Å². The number of H-pyrrole nitrogens is 1. The van der Waals surface area contributed by atoms with Crippen LogP contribution in [-0.2, 0) is 17.8 Å². The maximum Gasteiger partial charge on any atom is 0.160 e. The van der Waals surface area contributed by atoms with Crippen molar-refractivity contribution in [1.82, 2.24) is 9.97 Å². The molecule has 1 aliphatic rings. The third kappa shape index (κ3) is 2.52. The molecule has 0 bridgehead atoms. The van der Waals surface area contributed by atoms with Crippen LogP contribution in [0.15, 0.2) is 30.3 Å². The number of benzene rings is 1. The summed E-state index contributed by atoms with van der Waals surface area (Å²) in [7, 11) is 1.65. The molecule has 5 heteroatoms. The number of ether oxygens (including phenoxy) is 2. The highest BCUT2D eigenvalue weighted by atomic mass is 32.1. The predicted octanol–water partition coefficient (Wildman–Crippen LogP) is 2.96. The topological polar surface area (TPSA) is 47.1 Å². The van der Waals surface area contributed by atoms with Crippen LogP contribution >= 0.6 is 12.2 Å². The minimum atomic E-state index is -0.101. The van der Waals surface area contributed by atoms with E-state index in [0.29, 0.717) is 11.2 Å². The molecule has 19 heavy (non-hydrogen) atoms. The molecule has 0 spiro atoms. The molecular formula is C14H14N2O2S. The van der Waals surface area contributed by atoms with E-state index in [2.05, 4.69) is 16.0 Å². The fraction of sp³-hybridized carbons (Fsp3) is 0.286. The fourth-order valence-electron chi connectivity index (χ4n) is 2.25. The minimum absolute atomic E-state index is 0.101. The second-order valence-corrected chi connectivity index (χ2v) is 4.90. The number of methoxy groups -OCH3 is 1. The summed E-state index contributed by atoms with van der Waals surface area (Å²) in [5.41, 5.74) is 2.11. The number of fused-ring (bicyclic) bond motifs is 1. The smallest absolute Gasteiger partial charge is 0.160 e. The van der Waals surface area contributed by atoms with E-state index in [9.17, 15) is 0 Å². The zero-order valence-electron chi connectivity index (χ0n) is 10.6. The first-order valence-electron chi connectivity index (χ1n) is 6.10. The molecule has 2 heterocycles. The Labute approximate surface area is 116 Å². The molecule has 0 saturated carbocycles. The molecule has 98 valence electrons. The van der Waals surface area contributed by atoms with Crippen LogP contribution in [0, 0.1) is 4.64 Å². The predicted molar refractivity (Wildman–Crippen MR) is 73.6 cm³/mol. The van der Waals surface area contributed by atoms with Gasteiger partial charge in [0.2, 0.25) is 0 Å². The zero-order chi connectivity index (χ0) is 13.2. The van der Waals surface area contributed by atoms with Crippen molar-refractivity contribution in [3.8, 4) is 5.75 Å². The van der Waals surface area contributed by atoms with Gasteiger partial charge in [0.1, 0.15) is 16.2 Å². The molecule has 0 saturated heterocycles. The van der Waals surface area contributed by atoms with Gasteiger partial charge < -0.3 is 14.5 Å². The quantitative estimate of drug-likeness (QED) is 0.874. The molecule has 1 unspecified atom stereocenters. The van der Waals surface area contributed by atoms with Gasteiger partial charge in [0.25, 0.3) is 0 Å². The average molecular weight is 274 g/mol. The molecule has 4 nitrogen and oxygen atoms in total. The standard InChI is InChI=1S/C14H14N2O2S/c1-17-8-10-7-13(19)16-14(15-10)12-6-9-4-2-3-5-11(9)18-12/h2-5,7,12H,6,8H2,1H3,(H,15,16,19). The Morgan fingerprint density at radius 2 is 2.32 bits per heavy atom. The Balaban J connectivity index is 1.90. The van der Waals surface area contributed by atoms with Crippen molar-refractivity contribution in [3.63, 3.8) is 0 Å². The molecule has 1 aromatic heterocycles. The monoisotopic (exact) mass is 274 g/mol. The van der Waals surface area contributed by atoms with Crippen molar-refractivity contribution in [3.05, 3.63) is 52.1 Å². The van der Waals surface area contributed by atoms with E-state index >= 15 is 0 Å². The van der Waals surface area contributed by atoms with Crippen LogP contribution in [0.5, 0.6) is 5.75 Å². The van der Waals surface area contributed by atoms with Crippen molar-refractivity contribution < 1.29 is 9.47 Å². The maximum absolute atomic E-state index is 5.90. The van der Waals surface area contributed by atoms with Crippen LogP contribution in [0.25, 0.3) is 0 Å². The summed E-state index contributed by atoms with van der Waals surface area (Å²) in [5.74, 6) is 1.68. The van der Waals surface area contributed by atoms with Gasteiger partial charge in [-0.05, 0) is 17.7 Å². The first kappa shape index (κ1) is 12.3. The lowest BCUT2D eigenvalue weighted by Gasteiger charge is -2.11. The van der Waals surface area contributed by atoms with Gasteiger partial charge in [0, 0.05) is 19.2 Å². The number of nitrogens with one attached hydrogen (secondary N) is 1. The summed E-state index contributed by atoms with van der Waals surface area (Å²) in [6.07, 6.45) is 0.709.